The highest BCUT2D eigenvalue weighted by Crippen LogP contribution is 2.31. The van der Waals surface area contributed by atoms with Crippen LogP contribution in [-0.4, -0.2) is 71.2 Å². The third-order valence-electron chi connectivity index (χ3n) is 5.89. The van der Waals surface area contributed by atoms with Gasteiger partial charge in [-0.25, -0.2) is 9.59 Å². The fourth-order valence-electron chi connectivity index (χ4n) is 4.20. The molecule has 0 unspecified atom stereocenters. The number of carboxylic acids is 1. The molecule has 2 aromatic rings. The summed E-state index contributed by atoms with van der Waals surface area (Å²) < 4.78 is 17.1. The number of carbonyl (C=O) groups is 2. The monoisotopic (exact) mass is 472 g/mol. The number of rotatable bonds is 5. The molecule has 0 spiro atoms. The number of alkyl carbamates (subject to hydrolysis) is 1. The van der Waals surface area contributed by atoms with E-state index in [2.05, 4.69) is 15.2 Å². The number of hydrogen-bond acceptors (Lipinski definition) is 8. The van der Waals surface area contributed by atoms with Gasteiger partial charge in [-0.15, -0.1) is 0 Å². The summed E-state index contributed by atoms with van der Waals surface area (Å²) in [6, 6.07) is 3.45. The van der Waals surface area contributed by atoms with Crippen LogP contribution in [0.1, 0.15) is 56.8 Å². The normalized spacial score (nSPS) is 21.2. The van der Waals surface area contributed by atoms with Gasteiger partial charge in [0.15, 0.2) is 0 Å². The number of hydrogen-bond donors (Lipinski definition) is 2. The summed E-state index contributed by atoms with van der Waals surface area (Å²) >= 11 is 0. The Morgan fingerprint density at radius 2 is 1.85 bits per heavy atom. The van der Waals surface area contributed by atoms with Gasteiger partial charge in [0.25, 0.3) is 0 Å². The number of aromatic nitrogens is 2. The Kier molecular flexibility index (Phi) is 7.06. The van der Waals surface area contributed by atoms with Crippen LogP contribution >= 0.6 is 0 Å². The Hall–Kier alpha value is -3.14. The van der Waals surface area contributed by atoms with Crippen LogP contribution in [-0.2, 0) is 9.47 Å². The molecule has 1 aliphatic heterocycles. The summed E-state index contributed by atoms with van der Waals surface area (Å²) in [5.41, 5.74) is 0.186. The zero-order valence-electron chi connectivity index (χ0n) is 19.9. The predicted molar refractivity (Wildman–Crippen MR) is 126 cm³/mol. The van der Waals surface area contributed by atoms with Crippen LogP contribution < -0.4 is 15.0 Å². The SMILES string of the molecule is CC(C)(C)OC(=O)N[C@H]1CC[C@@H](Oc2nc(N3CCOCC3)cc3ncc(C(=O)O)cc23)CC1. The summed E-state index contributed by atoms with van der Waals surface area (Å²) in [4.78, 5) is 34.8. The second-order valence-corrected chi connectivity index (χ2v) is 9.72. The van der Waals surface area contributed by atoms with Crippen molar-refractivity contribution in [2.45, 2.75) is 64.2 Å². The Morgan fingerprint density at radius 1 is 1.15 bits per heavy atom. The lowest BCUT2D eigenvalue weighted by Gasteiger charge is -2.31. The van der Waals surface area contributed by atoms with Crippen molar-refractivity contribution in [3.8, 4) is 5.88 Å². The second kappa shape index (κ2) is 10.0. The largest absolute Gasteiger partial charge is 0.478 e. The summed E-state index contributed by atoms with van der Waals surface area (Å²) in [7, 11) is 0. The molecule has 0 aromatic carbocycles. The van der Waals surface area contributed by atoms with Crippen molar-refractivity contribution >= 4 is 28.8 Å². The minimum atomic E-state index is -1.05. The number of fused-ring (bicyclic) bond motifs is 1. The minimum absolute atomic E-state index is 0.0272. The number of aromatic carboxylic acids is 1. The van der Waals surface area contributed by atoms with Crippen LogP contribution in [0.5, 0.6) is 5.88 Å². The number of nitrogens with one attached hydrogen (secondary N) is 1. The van der Waals surface area contributed by atoms with Gasteiger partial charge in [0.2, 0.25) is 5.88 Å². The highest BCUT2D eigenvalue weighted by atomic mass is 16.6. The van der Waals surface area contributed by atoms with E-state index in [0.717, 1.165) is 31.5 Å². The maximum Gasteiger partial charge on any atom is 0.407 e. The molecular formula is C24H32N4O6. The molecule has 34 heavy (non-hydrogen) atoms. The number of carboxylic acid groups (broad SMARTS) is 1. The number of anilines is 1. The van der Waals surface area contributed by atoms with E-state index < -0.39 is 17.7 Å². The minimum Gasteiger partial charge on any atom is -0.478 e. The van der Waals surface area contributed by atoms with Crippen LogP contribution in [0.4, 0.5) is 10.6 Å². The molecule has 0 bridgehead atoms. The van der Waals surface area contributed by atoms with Crippen molar-refractivity contribution < 1.29 is 28.9 Å². The van der Waals surface area contributed by atoms with Gasteiger partial charge >= 0.3 is 12.1 Å². The van der Waals surface area contributed by atoms with E-state index in [4.69, 9.17) is 19.2 Å². The number of pyridine rings is 2. The molecule has 2 aliphatic rings. The van der Waals surface area contributed by atoms with Gasteiger partial charge in [0.1, 0.15) is 17.5 Å². The molecule has 1 saturated heterocycles. The highest BCUT2D eigenvalue weighted by molar-refractivity contribution is 5.94. The third kappa shape index (κ3) is 6.05. The number of nitrogens with zero attached hydrogens (tertiary/aromatic N) is 3. The van der Waals surface area contributed by atoms with Crippen molar-refractivity contribution in [2.75, 3.05) is 31.2 Å². The van der Waals surface area contributed by atoms with Gasteiger partial charge in [-0.2, -0.15) is 4.98 Å². The first-order chi connectivity index (χ1) is 16.2. The first-order valence-corrected chi connectivity index (χ1v) is 11.7. The molecule has 2 N–H and O–H groups in total. The molecule has 0 atom stereocenters. The van der Waals surface area contributed by atoms with Crippen LogP contribution in [0.25, 0.3) is 10.9 Å². The lowest BCUT2D eigenvalue weighted by atomic mass is 9.93. The molecular weight excluding hydrogens is 440 g/mol. The van der Waals surface area contributed by atoms with E-state index in [0.29, 0.717) is 43.1 Å². The van der Waals surface area contributed by atoms with Crippen molar-refractivity contribution in [3.63, 3.8) is 0 Å². The average Bonchev–Trinajstić information content (AvgIpc) is 2.79. The summed E-state index contributed by atoms with van der Waals surface area (Å²) in [6.45, 7) is 8.18. The number of amides is 1. The van der Waals surface area contributed by atoms with Crippen molar-refractivity contribution in [2.24, 2.45) is 0 Å². The first kappa shape index (κ1) is 24.0. The van der Waals surface area contributed by atoms with Gasteiger partial charge in [-0.3, -0.25) is 4.98 Å². The van der Waals surface area contributed by atoms with Crippen LogP contribution in [0.3, 0.4) is 0 Å². The van der Waals surface area contributed by atoms with Crippen molar-refractivity contribution in [1.29, 1.82) is 0 Å². The standard InChI is InChI=1S/C24H32N4O6/c1-24(2,3)34-23(31)26-16-4-6-17(7-5-16)33-21-18-12-15(22(29)30)14-25-19(18)13-20(27-21)28-8-10-32-11-9-28/h12-14,16-17H,4-11H2,1-3H3,(H,26,31)(H,29,30)/t16-,17+. The van der Waals surface area contributed by atoms with Crippen LogP contribution in [0.2, 0.25) is 0 Å². The lowest BCUT2D eigenvalue weighted by Crippen LogP contribution is -2.42. The Labute approximate surface area is 198 Å². The van der Waals surface area contributed by atoms with Gasteiger partial charge in [0, 0.05) is 31.4 Å². The van der Waals surface area contributed by atoms with E-state index in [1.54, 1.807) is 6.07 Å². The Bertz CT molecular complexity index is 1040. The van der Waals surface area contributed by atoms with E-state index >= 15 is 0 Å². The highest BCUT2D eigenvalue weighted by Gasteiger charge is 2.27. The van der Waals surface area contributed by atoms with Crippen molar-refractivity contribution in [3.05, 3.63) is 23.9 Å². The van der Waals surface area contributed by atoms with E-state index in [1.807, 2.05) is 26.8 Å². The van der Waals surface area contributed by atoms with Crippen LogP contribution in [0, 0.1) is 0 Å². The zero-order valence-corrected chi connectivity index (χ0v) is 19.9. The fourth-order valence-corrected chi connectivity index (χ4v) is 4.20. The smallest absolute Gasteiger partial charge is 0.407 e. The number of ether oxygens (including phenoxy) is 3. The Morgan fingerprint density at radius 3 is 2.50 bits per heavy atom. The van der Waals surface area contributed by atoms with Crippen LogP contribution in [0.15, 0.2) is 18.3 Å². The maximum absolute atomic E-state index is 12.1. The molecule has 10 heteroatoms. The predicted octanol–water partition coefficient (Wildman–Crippen LogP) is 3.38. The molecule has 184 valence electrons. The maximum atomic E-state index is 12.1. The third-order valence-corrected chi connectivity index (χ3v) is 5.89. The molecule has 4 rings (SSSR count). The Balaban J connectivity index is 1.49. The van der Waals surface area contributed by atoms with Gasteiger partial charge in [0.05, 0.1) is 29.7 Å². The molecule has 3 heterocycles. The van der Waals surface area contributed by atoms with E-state index in [9.17, 15) is 14.7 Å². The van der Waals surface area contributed by atoms with Gasteiger partial charge < -0.3 is 29.5 Å². The molecule has 2 aromatic heterocycles. The summed E-state index contributed by atoms with van der Waals surface area (Å²) in [5, 5.41) is 12.9. The summed E-state index contributed by atoms with van der Waals surface area (Å²) in [6.07, 6.45) is 3.82. The van der Waals surface area contributed by atoms with Crippen molar-refractivity contribution in [1.82, 2.24) is 15.3 Å². The van der Waals surface area contributed by atoms with Gasteiger partial charge in [-0.05, 0) is 52.5 Å². The average molecular weight is 473 g/mol. The molecule has 10 nitrogen and oxygen atoms in total. The lowest BCUT2D eigenvalue weighted by molar-refractivity contribution is 0.0469. The molecule has 1 aliphatic carbocycles. The summed E-state index contributed by atoms with van der Waals surface area (Å²) in [5.74, 6) is 0.0751. The quantitative estimate of drug-likeness (QED) is 0.674. The topological polar surface area (TPSA) is 123 Å². The molecule has 2 fully saturated rings. The molecule has 1 saturated carbocycles. The fraction of sp³-hybridized carbons (Fsp3) is 0.583. The molecule has 0 radical (unpaired) electrons. The van der Waals surface area contributed by atoms with E-state index in [1.165, 1.54) is 6.20 Å². The second-order valence-electron chi connectivity index (χ2n) is 9.72. The molecule has 1 amide bonds. The zero-order chi connectivity index (χ0) is 24.3. The van der Waals surface area contributed by atoms with Gasteiger partial charge in [-0.1, -0.05) is 0 Å². The first-order valence-electron chi connectivity index (χ1n) is 11.7. The van der Waals surface area contributed by atoms with E-state index in [-0.39, 0.29) is 17.7 Å². The number of carbonyl (C=O) groups excluding carboxylic acids is 1. The number of morpholine rings is 1.